The molecular formula is C11H8F4O2. The Hall–Kier alpha value is -1.59. The number of hydrogen-bond donors (Lipinski definition) is 1. The lowest BCUT2D eigenvalue weighted by Gasteiger charge is -2.14. The minimum absolute atomic E-state index is 0.167. The van der Waals surface area contributed by atoms with Gasteiger partial charge in [0.2, 0.25) is 0 Å². The molecule has 1 aliphatic carbocycles. The highest BCUT2D eigenvalue weighted by molar-refractivity contribution is 5.85. The van der Waals surface area contributed by atoms with E-state index < -0.39 is 28.9 Å². The van der Waals surface area contributed by atoms with Gasteiger partial charge in [0.1, 0.15) is 5.82 Å². The van der Waals surface area contributed by atoms with Crippen molar-refractivity contribution in [1.29, 1.82) is 0 Å². The van der Waals surface area contributed by atoms with Crippen LogP contribution in [0.1, 0.15) is 24.0 Å². The van der Waals surface area contributed by atoms with Crippen molar-refractivity contribution in [3.8, 4) is 0 Å². The molecule has 0 aliphatic heterocycles. The Kier molecular flexibility index (Phi) is 2.41. The van der Waals surface area contributed by atoms with Gasteiger partial charge in [-0.2, -0.15) is 13.2 Å². The van der Waals surface area contributed by atoms with Gasteiger partial charge in [-0.25, -0.2) is 4.39 Å². The fourth-order valence-corrected chi connectivity index (χ4v) is 1.79. The second kappa shape index (κ2) is 3.45. The minimum Gasteiger partial charge on any atom is -0.481 e. The number of alkyl halides is 3. The fraction of sp³-hybridized carbons (Fsp3) is 0.364. The van der Waals surface area contributed by atoms with Gasteiger partial charge in [-0.3, -0.25) is 4.79 Å². The summed E-state index contributed by atoms with van der Waals surface area (Å²) in [4.78, 5) is 10.9. The number of halogens is 4. The van der Waals surface area contributed by atoms with Gasteiger partial charge in [0.05, 0.1) is 11.0 Å². The zero-order valence-electron chi connectivity index (χ0n) is 8.51. The molecule has 1 N–H and O–H groups in total. The SMILES string of the molecule is O=C(O)C1(c2cc(C(F)(F)F)ccc2F)CC1. The molecule has 6 heteroatoms. The van der Waals surface area contributed by atoms with Crippen molar-refractivity contribution in [2.75, 3.05) is 0 Å². The van der Waals surface area contributed by atoms with E-state index in [9.17, 15) is 22.4 Å². The van der Waals surface area contributed by atoms with Crippen LogP contribution in [0.5, 0.6) is 0 Å². The van der Waals surface area contributed by atoms with Gasteiger partial charge in [-0.15, -0.1) is 0 Å². The Morgan fingerprint density at radius 2 is 1.88 bits per heavy atom. The standard InChI is InChI=1S/C11H8F4O2/c12-8-2-1-6(11(13,14)15)5-7(8)10(3-4-10)9(16)17/h1-2,5H,3-4H2,(H,16,17). The predicted octanol–water partition coefficient (Wildman–Crippen LogP) is 2.96. The highest BCUT2D eigenvalue weighted by Gasteiger charge is 2.53. The van der Waals surface area contributed by atoms with Crippen LogP contribution in [0.2, 0.25) is 0 Å². The summed E-state index contributed by atoms with van der Waals surface area (Å²) in [5, 5.41) is 8.93. The van der Waals surface area contributed by atoms with Gasteiger partial charge in [0, 0.05) is 5.56 Å². The molecule has 0 bridgehead atoms. The molecule has 1 aromatic carbocycles. The first-order chi connectivity index (χ1) is 7.77. The lowest BCUT2D eigenvalue weighted by atomic mass is 9.94. The van der Waals surface area contributed by atoms with E-state index >= 15 is 0 Å². The second-order valence-corrected chi connectivity index (χ2v) is 4.08. The van der Waals surface area contributed by atoms with Gasteiger partial charge in [0.15, 0.2) is 0 Å². The maximum atomic E-state index is 13.4. The van der Waals surface area contributed by atoms with E-state index in [0.717, 1.165) is 0 Å². The van der Waals surface area contributed by atoms with Crippen molar-refractivity contribution in [2.45, 2.75) is 24.4 Å². The zero-order valence-corrected chi connectivity index (χ0v) is 8.51. The average molecular weight is 248 g/mol. The van der Waals surface area contributed by atoms with E-state index in [-0.39, 0.29) is 18.4 Å². The van der Waals surface area contributed by atoms with Crippen molar-refractivity contribution in [1.82, 2.24) is 0 Å². The predicted molar refractivity (Wildman–Crippen MR) is 49.9 cm³/mol. The Balaban J connectivity index is 2.51. The van der Waals surface area contributed by atoms with E-state index in [0.29, 0.717) is 18.2 Å². The van der Waals surface area contributed by atoms with Crippen LogP contribution in [0.15, 0.2) is 18.2 Å². The third-order valence-electron chi connectivity index (χ3n) is 2.97. The molecule has 1 aromatic rings. The second-order valence-electron chi connectivity index (χ2n) is 4.08. The van der Waals surface area contributed by atoms with Crippen LogP contribution in [-0.4, -0.2) is 11.1 Å². The van der Waals surface area contributed by atoms with E-state index in [1.165, 1.54) is 0 Å². The van der Waals surface area contributed by atoms with Crippen LogP contribution in [0, 0.1) is 5.82 Å². The summed E-state index contributed by atoms with van der Waals surface area (Å²) < 4.78 is 50.7. The number of aliphatic carboxylic acids is 1. The lowest BCUT2D eigenvalue weighted by Crippen LogP contribution is -2.22. The Labute approximate surface area is 93.9 Å². The van der Waals surface area contributed by atoms with Gasteiger partial charge < -0.3 is 5.11 Å². The quantitative estimate of drug-likeness (QED) is 0.817. The summed E-state index contributed by atoms with van der Waals surface area (Å²) in [6, 6.07) is 1.87. The van der Waals surface area contributed by atoms with Crippen molar-refractivity contribution in [3.05, 3.63) is 35.1 Å². The largest absolute Gasteiger partial charge is 0.481 e. The molecule has 0 heterocycles. The van der Waals surface area contributed by atoms with Crippen LogP contribution < -0.4 is 0 Å². The summed E-state index contributed by atoms with van der Waals surface area (Å²) in [5.41, 5.74) is -2.87. The molecular weight excluding hydrogens is 240 g/mol. The minimum atomic E-state index is -4.60. The molecule has 2 rings (SSSR count). The van der Waals surface area contributed by atoms with Gasteiger partial charge in [-0.05, 0) is 31.0 Å². The summed E-state index contributed by atoms with van der Waals surface area (Å²) in [6.45, 7) is 0. The summed E-state index contributed by atoms with van der Waals surface area (Å²) in [7, 11) is 0. The molecule has 1 fully saturated rings. The molecule has 0 saturated heterocycles. The summed E-state index contributed by atoms with van der Waals surface area (Å²) in [5.74, 6) is -2.19. The first-order valence-electron chi connectivity index (χ1n) is 4.88. The zero-order chi connectivity index (χ0) is 12.8. The van der Waals surface area contributed by atoms with Gasteiger partial charge >= 0.3 is 12.1 Å². The summed E-state index contributed by atoms with van der Waals surface area (Å²) >= 11 is 0. The molecule has 1 aliphatic rings. The molecule has 92 valence electrons. The lowest BCUT2D eigenvalue weighted by molar-refractivity contribution is -0.141. The van der Waals surface area contributed by atoms with E-state index in [4.69, 9.17) is 5.11 Å². The van der Waals surface area contributed by atoms with Crippen molar-refractivity contribution in [2.24, 2.45) is 0 Å². The van der Waals surface area contributed by atoms with Crippen molar-refractivity contribution >= 4 is 5.97 Å². The highest BCUT2D eigenvalue weighted by atomic mass is 19.4. The van der Waals surface area contributed by atoms with Crippen molar-refractivity contribution in [3.63, 3.8) is 0 Å². The molecule has 2 nitrogen and oxygen atoms in total. The number of carbonyl (C=O) groups is 1. The number of carboxylic acid groups (broad SMARTS) is 1. The van der Waals surface area contributed by atoms with Gasteiger partial charge in [-0.1, -0.05) is 0 Å². The maximum Gasteiger partial charge on any atom is 0.416 e. The topological polar surface area (TPSA) is 37.3 Å². The highest BCUT2D eigenvalue weighted by Crippen LogP contribution is 2.50. The fourth-order valence-electron chi connectivity index (χ4n) is 1.79. The molecule has 0 atom stereocenters. The maximum absolute atomic E-state index is 13.4. The van der Waals surface area contributed by atoms with Crippen LogP contribution in [0.3, 0.4) is 0 Å². The van der Waals surface area contributed by atoms with E-state index in [2.05, 4.69) is 0 Å². The molecule has 17 heavy (non-hydrogen) atoms. The third-order valence-corrected chi connectivity index (χ3v) is 2.97. The molecule has 1 saturated carbocycles. The first kappa shape index (κ1) is 11.9. The van der Waals surface area contributed by atoms with Crippen molar-refractivity contribution < 1.29 is 27.5 Å². The van der Waals surface area contributed by atoms with Crippen LogP contribution >= 0.6 is 0 Å². The number of benzene rings is 1. The number of carboxylic acids is 1. The van der Waals surface area contributed by atoms with Crippen LogP contribution in [0.25, 0.3) is 0 Å². The Bertz CT molecular complexity index is 475. The van der Waals surface area contributed by atoms with Crippen LogP contribution in [-0.2, 0) is 16.4 Å². The third kappa shape index (κ3) is 1.87. The van der Waals surface area contributed by atoms with Gasteiger partial charge in [0.25, 0.3) is 0 Å². The molecule has 0 amide bonds. The van der Waals surface area contributed by atoms with E-state index in [1.54, 1.807) is 0 Å². The van der Waals surface area contributed by atoms with Crippen LogP contribution in [0.4, 0.5) is 17.6 Å². The number of hydrogen-bond acceptors (Lipinski definition) is 1. The molecule has 0 spiro atoms. The first-order valence-corrected chi connectivity index (χ1v) is 4.88. The average Bonchev–Trinajstić information content (AvgIpc) is 2.97. The Morgan fingerprint density at radius 3 is 2.29 bits per heavy atom. The molecule has 0 radical (unpaired) electrons. The molecule has 0 aromatic heterocycles. The normalized spacial score (nSPS) is 17.9. The number of rotatable bonds is 2. The summed E-state index contributed by atoms with van der Waals surface area (Å²) in [6.07, 6.45) is -4.27. The molecule has 0 unspecified atom stereocenters. The van der Waals surface area contributed by atoms with E-state index in [1.807, 2.05) is 0 Å². The monoisotopic (exact) mass is 248 g/mol. The smallest absolute Gasteiger partial charge is 0.416 e. The Morgan fingerprint density at radius 1 is 1.29 bits per heavy atom.